The highest BCUT2D eigenvalue weighted by Gasteiger charge is 2.19. The van der Waals surface area contributed by atoms with Crippen LogP contribution in [0.4, 0.5) is 17.2 Å². The summed E-state index contributed by atoms with van der Waals surface area (Å²) in [4.78, 5) is 28.1. The van der Waals surface area contributed by atoms with Crippen LogP contribution >= 0.6 is 0 Å². The van der Waals surface area contributed by atoms with Gasteiger partial charge < -0.3 is 30.7 Å². The van der Waals surface area contributed by atoms with Crippen molar-refractivity contribution in [1.29, 1.82) is 0 Å². The topological polar surface area (TPSA) is 128 Å². The van der Waals surface area contributed by atoms with Crippen LogP contribution in [0.5, 0.6) is 5.75 Å². The lowest BCUT2D eigenvalue weighted by Gasteiger charge is -2.30. The predicted molar refractivity (Wildman–Crippen MR) is 136 cm³/mol. The standard InChI is InChI=1S/C25H31N7O3/c1-17(27-2)8-12-35-19-5-3-18(4-6-19)20-16-29-24(26)23(30-20)25(33)31-21-15-28-9-7-22(21)32-10-13-34-14-11-32/h3-7,9,15-17,27H,8,10-14H2,1-2H3,(H2,26,29)(H,31,33)/t17-/m1/s1. The third-order valence-corrected chi connectivity index (χ3v) is 5.88. The number of carbonyl (C=O) groups is 1. The van der Waals surface area contributed by atoms with Gasteiger partial charge in [0.1, 0.15) is 5.75 Å². The van der Waals surface area contributed by atoms with Crippen molar-refractivity contribution in [1.82, 2.24) is 20.3 Å². The number of nitrogens with two attached hydrogens (primary N) is 1. The van der Waals surface area contributed by atoms with Crippen LogP contribution in [0.25, 0.3) is 11.3 Å². The molecule has 0 spiro atoms. The van der Waals surface area contributed by atoms with Crippen molar-refractivity contribution in [3.63, 3.8) is 0 Å². The summed E-state index contributed by atoms with van der Waals surface area (Å²) in [6, 6.07) is 9.78. The first kappa shape index (κ1) is 24.4. The number of pyridine rings is 1. The molecule has 3 heterocycles. The molecule has 1 atom stereocenters. The van der Waals surface area contributed by atoms with E-state index < -0.39 is 5.91 Å². The zero-order valence-electron chi connectivity index (χ0n) is 20.0. The molecule has 184 valence electrons. The van der Waals surface area contributed by atoms with E-state index in [1.54, 1.807) is 18.6 Å². The number of amides is 1. The fourth-order valence-corrected chi connectivity index (χ4v) is 3.67. The van der Waals surface area contributed by atoms with Crippen molar-refractivity contribution in [2.45, 2.75) is 19.4 Å². The molecule has 1 fully saturated rings. The van der Waals surface area contributed by atoms with E-state index >= 15 is 0 Å². The number of ether oxygens (including phenoxy) is 2. The van der Waals surface area contributed by atoms with Gasteiger partial charge in [-0.2, -0.15) is 0 Å². The summed E-state index contributed by atoms with van der Waals surface area (Å²) in [5.74, 6) is 0.380. The van der Waals surface area contributed by atoms with Crippen LogP contribution in [0.2, 0.25) is 0 Å². The molecule has 2 aromatic heterocycles. The third kappa shape index (κ3) is 6.23. The monoisotopic (exact) mass is 477 g/mol. The number of hydrogen-bond donors (Lipinski definition) is 3. The summed E-state index contributed by atoms with van der Waals surface area (Å²) in [7, 11) is 1.93. The fraction of sp³-hybridized carbons (Fsp3) is 0.360. The first-order valence-corrected chi connectivity index (χ1v) is 11.7. The normalized spacial score (nSPS) is 14.4. The number of hydrogen-bond acceptors (Lipinski definition) is 9. The number of aromatic nitrogens is 3. The minimum atomic E-state index is -0.446. The molecule has 4 rings (SSSR count). The van der Waals surface area contributed by atoms with Crippen LogP contribution in [-0.2, 0) is 4.74 Å². The lowest BCUT2D eigenvalue weighted by atomic mass is 10.1. The molecule has 10 nitrogen and oxygen atoms in total. The lowest BCUT2D eigenvalue weighted by molar-refractivity contribution is 0.102. The zero-order valence-corrected chi connectivity index (χ0v) is 20.0. The number of nitrogens with one attached hydrogen (secondary N) is 2. The van der Waals surface area contributed by atoms with Gasteiger partial charge in [-0.25, -0.2) is 9.97 Å². The fourth-order valence-electron chi connectivity index (χ4n) is 3.67. The number of carbonyl (C=O) groups excluding carboxylic acids is 1. The highest BCUT2D eigenvalue weighted by Crippen LogP contribution is 2.27. The van der Waals surface area contributed by atoms with Gasteiger partial charge in [-0.05, 0) is 50.7 Å². The molecule has 0 bridgehead atoms. The van der Waals surface area contributed by atoms with Gasteiger partial charge >= 0.3 is 0 Å². The molecule has 0 unspecified atom stereocenters. The molecule has 1 amide bonds. The van der Waals surface area contributed by atoms with E-state index in [-0.39, 0.29) is 11.5 Å². The van der Waals surface area contributed by atoms with Crippen LogP contribution in [0.3, 0.4) is 0 Å². The van der Waals surface area contributed by atoms with E-state index in [9.17, 15) is 4.79 Å². The summed E-state index contributed by atoms with van der Waals surface area (Å²) in [5.41, 5.74) is 8.87. The van der Waals surface area contributed by atoms with E-state index in [1.165, 1.54) is 0 Å². The van der Waals surface area contributed by atoms with Gasteiger partial charge in [-0.1, -0.05) is 0 Å². The molecule has 1 aliphatic heterocycles. The van der Waals surface area contributed by atoms with Crippen molar-refractivity contribution in [3.8, 4) is 17.0 Å². The average molecular weight is 478 g/mol. The van der Waals surface area contributed by atoms with Gasteiger partial charge in [0.25, 0.3) is 5.91 Å². The van der Waals surface area contributed by atoms with Crippen LogP contribution in [0.1, 0.15) is 23.8 Å². The molecule has 0 saturated carbocycles. The van der Waals surface area contributed by atoms with Gasteiger partial charge in [0.15, 0.2) is 11.5 Å². The maximum atomic E-state index is 13.1. The Morgan fingerprint density at radius 3 is 2.71 bits per heavy atom. The number of rotatable bonds is 9. The molecule has 35 heavy (non-hydrogen) atoms. The molecule has 1 aromatic carbocycles. The van der Waals surface area contributed by atoms with Crippen LogP contribution in [0, 0.1) is 0 Å². The highest BCUT2D eigenvalue weighted by molar-refractivity contribution is 6.07. The Morgan fingerprint density at radius 2 is 1.97 bits per heavy atom. The average Bonchev–Trinajstić information content (AvgIpc) is 2.90. The van der Waals surface area contributed by atoms with E-state index in [1.807, 2.05) is 37.4 Å². The van der Waals surface area contributed by atoms with E-state index in [0.29, 0.717) is 37.2 Å². The lowest BCUT2D eigenvalue weighted by Crippen LogP contribution is -2.36. The van der Waals surface area contributed by atoms with Crippen molar-refractivity contribution < 1.29 is 14.3 Å². The highest BCUT2D eigenvalue weighted by atomic mass is 16.5. The number of nitrogen functional groups attached to an aromatic ring is 1. The Balaban J connectivity index is 1.47. The molecular weight excluding hydrogens is 446 g/mol. The predicted octanol–water partition coefficient (Wildman–Crippen LogP) is 2.59. The molecule has 10 heteroatoms. The molecule has 4 N–H and O–H groups in total. The summed E-state index contributed by atoms with van der Waals surface area (Å²) in [6.07, 6.45) is 5.78. The first-order valence-electron chi connectivity index (χ1n) is 11.7. The van der Waals surface area contributed by atoms with Gasteiger partial charge in [-0.3, -0.25) is 9.78 Å². The Morgan fingerprint density at radius 1 is 1.20 bits per heavy atom. The number of benzene rings is 1. The minimum Gasteiger partial charge on any atom is -0.494 e. The summed E-state index contributed by atoms with van der Waals surface area (Å²) >= 11 is 0. The van der Waals surface area contributed by atoms with Gasteiger partial charge in [-0.15, -0.1) is 0 Å². The zero-order chi connectivity index (χ0) is 24.6. The van der Waals surface area contributed by atoms with E-state index in [0.717, 1.165) is 36.5 Å². The second-order valence-corrected chi connectivity index (χ2v) is 8.29. The number of morpholine rings is 1. The van der Waals surface area contributed by atoms with Gasteiger partial charge in [0.05, 0.1) is 49.3 Å². The molecule has 0 radical (unpaired) electrons. The van der Waals surface area contributed by atoms with Crippen LogP contribution in [0.15, 0.2) is 48.9 Å². The van der Waals surface area contributed by atoms with E-state index in [4.69, 9.17) is 15.2 Å². The molecule has 0 aliphatic carbocycles. The number of anilines is 3. The molecule has 3 aromatic rings. The van der Waals surface area contributed by atoms with Crippen LogP contribution < -0.4 is 26.0 Å². The van der Waals surface area contributed by atoms with Crippen molar-refractivity contribution in [2.75, 3.05) is 55.9 Å². The number of nitrogens with zero attached hydrogens (tertiary/aromatic N) is 4. The minimum absolute atomic E-state index is 0.0562. The Bertz CT molecular complexity index is 1130. The summed E-state index contributed by atoms with van der Waals surface area (Å²) in [6.45, 7) is 5.47. The second-order valence-electron chi connectivity index (χ2n) is 8.29. The SMILES string of the molecule is CN[C@H](C)CCOc1ccc(-c2cnc(N)c(C(=O)Nc3cnccc3N3CCOCC3)n2)cc1. The second kappa shape index (κ2) is 11.6. The smallest absolute Gasteiger partial charge is 0.278 e. The Labute approximate surface area is 204 Å². The largest absolute Gasteiger partial charge is 0.494 e. The van der Waals surface area contributed by atoms with Gasteiger partial charge in [0.2, 0.25) is 0 Å². The van der Waals surface area contributed by atoms with Crippen molar-refractivity contribution in [2.24, 2.45) is 0 Å². The Hall–Kier alpha value is -3.76. The molecule has 1 aliphatic rings. The van der Waals surface area contributed by atoms with Crippen molar-refractivity contribution >= 4 is 23.1 Å². The van der Waals surface area contributed by atoms with E-state index in [2.05, 4.69) is 37.4 Å². The van der Waals surface area contributed by atoms with Crippen LogP contribution in [-0.4, -0.2) is 66.9 Å². The summed E-state index contributed by atoms with van der Waals surface area (Å²) in [5, 5.41) is 6.08. The van der Waals surface area contributed by atoms with Crippen molar-refractivity contribution in [3.05, 3.63) is 54.6 Å². The molecule has 1 saturated heterocycles. The molecular formula is C25H31N7O3. The Kier molecular flexibility index (Phi) is 8.07. The maximum absolute atomic E-state index is 13.1. The first-order chi connectivity index (χ1) is 17.0. The summed E-state index contributed by atoms with van der Waals surface area (Å²) < 4.78 is 11.2. The maximum Gasteiger partial charge on any atom is 0.278 e. The van der Waals surface area contributed by atoms with Gasteiger partial charge in [0, 0.05) is 30.9 Å². The quantitative estimate of drug-likeness (QED) is 0.426. The third-order valence-electron chi connectivity index (χ3n) is 5.88.